The van der Waals surface area contributed by atoms with Crippen LogP contribution in [-0.4, -0.2) is 62.8 Å². The molecule has 9 nitrogen and oxygen atoms in total. The number of quaternary nitrogens is 1. The number of nitrogens with zero attached hydrogens (tertiary/aromatic N) is 1. The highest BCUT2D eigenvalue weighted by atomic mass is 32.3. The van der Waals surface area contributed by atoms with E-state index in [1.54, 1.807) is 0 Å². The van der Waals surface area contributed by atoms with Gasteiger partial charge in [-0.25, -0.2) is 8.42 Å². The number of amides is 2. The zero-order valence-electron chi connectivity index (χ0n) is 27.6. The number of carbonyl (C=O) groups is 2. The molecule has 2 amide bonds. The minimum absolute atomic E-state index is 0.0518. The summed E-state index contributed by atoms with van der Waals surface area (Å²) in [5.74, 6) is 0.250. The van der Waals surface area contributed by atoms with Crippen LogP contribution >= 0.6 is 0 Å². The quantitative estimate of drug-likeness (QED) is 0.0381. The van der Waals surface area contributed by atoms with E-state index < -0.39 is 10.4 Å². The Morgan fingerprint density at radius 2 is 0.878 bits per heavy atom. The summed E-state index contributed by atoms with van der Waals surface area (Å²) in [5.41, 5.74) is 0. The van der Waals surface area contributed by atoms with E-state index in [9.17, 15) is 22.6 Å². The zero-order chi connectivity index (χ0) is 31.6. The first kappa shape index (κ1) is 41.9. The predicted molar refractivity (Wildman–Crippen MR) is 168 cm³/mol. The topological polar surface area (TPSA) is 125 Å². The number of hydrogen-bond donors (Lipinski definition) is 2. The van der Waals surface area contributed by atoms with Crippen LogP contribution in [0.3, 0.4) is 0 Å². The number of rotatable bonds is 25. The molecule has 0 saturated carbocycles. The summed E-state index contributed by atoms with van der Waals surface area (Å²) in [6.07, 6.45) is 23.8. The van der Waals surface area contributed by atoms with Gasteiger partial charge >= 0.3 is 0 Å². The van der Waals surface area contributed by atoms with Gasteiger partial charge in [-0.05, 0) is 12.8 Å². The van der Waals surface area contributed by atoms with E-state index in [4.69, 9.17) is 0 Å². The van der Waals surface area contributed by atoms with Crippen molar-refractivity contribution < 1.29 is 31.2 Å². The van der Waals surface area contributed by atoms with Crippen molar-refractivity contribution in [2.45, 2.75) is 168 Å². The summed E-state index contributed by atoms with van der Waals surface area (Å²) in [6.45, 7) is 8.58. The van der Waals surface area contributed by atoms with Crippen LogP contribution in [0.1, 0.15) is 156 Å². The maximum Gasteiger partial charge on any atom is 0.224 e. The Morgan fingerprint density at radius 1 is 0.634 bits per heavy atom. The lowest BCUT2D eigenvalue weighted by atomic mass is 10.1. The second-order valence-electron chi connectivity index (χ2n) is 11.8. The van der Waals surface area contributed by atoms with Gasteiger partial charge in [0.15, 0.2) is 12.3 Å². The largest absolute Gasteiger partial charge is 0.726 e. The summed E-state index contributed by atoms with van der Waals surface area (Å²) >= 11 is 0. The zero-order valence-corrected chi connectivity index (χ0v) is 28.4. The molecule has 0 spiro atoms. The molecule has 0 saturated heterocycles. The van der Waals surface area contributed by atoms with E-state index in [0.717, 1.165) is 32.8 Å². The Balaban J connectivity index is 0. The van der Waals surface area contributed by atoms with Crippen molar-refractivity contribution in [3.63, 3.8) is 0 Å². The first-order valence-corrected chi connectivity index (χ1v) is 17.6. The summed E-state index contributed by atoms with van der Waals surface area (Å²) in [4.78, 5) is 24.9. The Bertz CT molecular complexity index is 702. The second kappa shape index (κ2) is 26.4. The van der Waals surface area contributed by atoms with Crippen molar-refractivity contribution in [1.82, 2.24) is 10.6 Å². The molecule has 0 heterocycles. The maximum absolute atomic E-state index is 12.4. The molecular formula is C31H65N3O6S. The van der Waals surface area contributed by atoms with Gasteiger partial charge in [0.25, 0.3) is 0 Å². The van der Waals surface area contributed by atoms with Gasteiger partial charge in [0.2, 0.25) is 22.2 Å². The molecule has 0 bridgehead atoms. The third kappa shape index (κ3) is 27.4. The normalized spacial score (nSPS) is 13.2. The highest BCUT2D eigenvalue weighted by Gasteiger charge is 2.32. The van der Waals surface area contributed by atoms with Crippen LogP contribution in [-0.2, 0) is 24.2 Å². The van der Waals surface area contributed by atoms with Crippen molar-refractivity contribution in [2.75, 3.05) is 21.2 Å². The Hall–Kier alpha value is -1.23. The molecule has 0 rings (SSSR count). The van der Waals surface area contributed by atoms with Crippen molar-refractivity contribution in [3.8, 4) is 0 Å². The number of nitrogens with one attached hydrogen (secondary N) is 2. The summed E-state index contributed by atoms with van der Waals surface area (Å²) in [7, 11) is 0.549. The van der Waals surface area contributed by atoms with Crippen molar-refractivity contribution >= 4 is 22.2 Å². The second-order valence-corrected chi connectivity index (χ2v) is 13.0. The predicted octanol–water partition coefficient (Wildman–Crippen LogP) is 6.92. The van der Waals surface area contributed by atoms with Gasteiger partial charge in [-0.3, -0.25) is 18.3 Å². The van der Waals surface area contributed by atoms with Crippen LogP contribution in [0.25, 0.3) is 0 Å². The maximum atomic E-state index is 12.4. The molecule has 0 aromatic heterocycles. The van der Waals surface area contributed by atoms with Gasteiger partial charge in [-0.15, -0.1) is 0 Å². The number of hydrogen-bond acceptors (Lipinski definition) is 6. The number of carbonyl (C=O) groups excluding carboxylic acids is 2. The molecule has 0 aliphatic heterocycles. The highest BCUT2D eigenvalue weighted by Crippen LogP contribution is 2.14. The SMILES string of the molecule is CCCCCCCCCCCC(=O)NC(C)[N+](C)(C)C(C)NC(=O)CCCCCCCCCCC.COS(=O)(=O)[O-]. The van der Waals surface area contributed by atoms with Gasteiger partial charge in [-0.2, -0.15) is 0 Å². The van der Waals surface area contributed by atoms with Crippen LogP contribution in [0.15, 0.2) is 0 Å². The molecule has 2 unspecified atom stereocenters. The number of unbranched alkanes of at least 4 members (excludes halogenated alkanes) is 16. The third-order valence-corrected chi connectivity index (χ3v) is 8.36. The van der Waals surface area contributed by atoms with Crippen LogP contribution in [0, 0.1) is 0 Å². The Morgan fingerprint density at radius 3 is 1.12 bits per heavy atom. The molecule has 2 atom stereocenters. The van der Waals surface area contributed by atoms with Crippen LogP contribution < -0.4 is 10.6 Å². The lowest BCUT2D eigenvalue weighted by Gasteiger charge is -2.41. The van der Waals surface area contributed by atoms with Crippen molar-refractivity contribution in [3.05, 3.63) is 0 Å². The van der Waals surface area contributed by atoms with Gasteiger partial charge < -0.3 is 15.2 Å². The molecule has 10 heteroatoms. The highest BCUT2D eigenvalue weighted by molar-refractivity contribution is 7.80. The summed E-state index contributed by atoms with van der Waals surface area (Å²) < 4.78 is 31.6. The summed E-state index contributed by atoms with van der Waals surface area (Å²) in [5, 5.41) is 6.33. The van der Waals surface area contributed by atoms with Gasteiger partial charge in [0.1, 0.15) is 0 Å². The van der Waals surface area contributed by atoms with Gasteiger partial charge in [0, 0.05) is 26.7 Å². The van der Waals surface area contributed by atoms with E-state index in [-0.39, 0.29) is 24.1 Å². The molecule has 0 fully saturated rings. The van der Waals surface area contributed by atoms with Crippen LogP contribution in [0.5, 0.6) is 0 Å². The Labute approximate surface area is 253 Å². The first-order chi connectivity index (χ1) is 19.3. The van der Waals surface area contributed by atoms with E-state index in [1.807, 2.05) is 13.8 Å². The fourth-order valence-electron chi connectivity index (χ4n) is 4.47. The standard InChI is InChI=1S/C30H61N3O2.CH4O4S/c1-7-9-11-13-15-17-19-21-23-25-29(34)31-27(3)33(5,6)28(4)32-30(35)26-24-22-20-18-16-14-12-10-8-2;1-5-6(2,3)4/h27-28H,7-26H2,1-6H3,(H-,31,32,34,35);1H3,(H,2,3,4). The lowest BCUT2D eigenvalue weighted by molar-refractivity contribution is -0.939. The van der Waals surface area contributed by atoms with E-state index in [1.165, 1.54) is 89.9 Å². The molecular weight excluding hydrogens is 542 g/mol. The average Bonchev–Trinajstić information content (AvgIpc) is 2.91. The van der Waals surface area contributed by atoms with Crippen LogP contribution in [0.4, 0.5) is 0 Å². The van der Waals surface area contributed by atoms with E-state index >= 15 is 0 Å². The smallest absolute Gasteiger partial charge is 0.224 e. The molecule has 41 heavy (non-hydrogen) atoms. The monoisotopic (exact) mass is 607 g/mol. The third-order valence-electron chi connectivity index (χ3n) is 7.96. The molecule has 0 radical (unpaired) electrons. The molecule has 0 aliphatic rings. The Kier molecular flexibility index (Phi) is 27.0. The minimum atomic E-state index is -4.41. The first-order valence-electron chi connectivity index (χ1n) is 16.2. The fraction of sp³-hybridized carbons (Fsp3) is 0.935. The minimum Gasteiger partial charge on any atom is -0.726 e. The molecule has 0 aromatic rings. The lowest BCUT2D eigenvalue weighted by Crippen LogP contribution is -2.64. The van der Waals surface area contributed by atoms with E-state index in [0.29, 0.717) is 17.3 Å². The fourth-order valence-corrected chi connectivity index (χ4v) is 4.47. The van der Waals surface area contributed by atoms with Gasteiger partial charge in [0.05, 0.1) is 21.2 Å². The van der Waals surface area contributed by atoms with Crippen molar-refractivity contribution in [1.29, 1.82) is 0 Å². The molecule has 0 aromatic carbocycles. The van der Waals surface area contributed by atoms with Gasteiger partial charge in [-0.1, -0.05) is 117 Å². The molecule has 2 N–H and O–H groups in total. The molecule has 246 valence electrons. The van der Waals surface area contributed by atoms with E-state index in [2.05, 4.69) is 42.8 Å². The molecule has 0 aliphatic carbocycles. The van der Waals surface area contributed by atoms with Crippen LogP contribution in [0.2, 0.25) is 0 Å². The summed E-state index contributed by atoms with van der Waals surface area (Å²) in [6, 6.07) is 0. The van der Waals surface area contributed by atoms with Crippen molar-refractivity contribution in [2.24, 2.45) is 0 Å². The average molecular weight is 608 g/mol.